The van der Waals surface area contributed by atoms with Gasteiger partial charge in [-0.15, -0.1) is 0 Å². The zero-order valence-electron chi connectivity index (χ0n) is 16.5. The van der Waals surface area contributed by atoms with Crippen LogP contribution in [0.3, 0.4) is 0 Å². The molecule has 0 saturated heterocycles. The Hall–Kier alpha value is -3.64. The van der Waals surface area contributed by atoms with E-state index in [1.165, 1.54) is 0 Å². The Labute approximate surface area is 178 Å². The maximum Gasteiger partial charge on any atom is 0.130 e. The lowest BCUT2D eigenvalue weighted by Gasteiger charge is -2.12. The molecule has 0 aliphatic heterocycles. The molecule has 0 atom stereocenters. The van der Waals surface area contributed by atoms with Gasteiger partial charge in [0.25, 0.3) is 0 Å². The first-order valence-corrected chi connectivity index (χ1v) is 9.90. The maximum atomic E-state index is 6.57. The third-order valence-electron chi connectivity index (χ3n) is 5.23. The van der Waals surface area contributed by atoms with Gasteiger partial charge >= 0.3 is 0 Å². The van der Waals surface area contributed by atoms with Crippen molar-refractivity contribution in [3.63, 3.8) is 0 Å². The summed E-state index contributed by atoms with van der Waals surface area (Å²) < 4.78 is 1.96. The topological polar surface area (TPSA) is 71.4 Å². The zero-order valence-corrected chi connectivity index (χ0v) is 17.3. The van der Waals surface area contributed by atoms with Crippen molar-refractivity contribution in [3.05, 3.63) is 78.1 Å². The highest BCUT2D eigenvalue weighted by Crippen LogP contribution is 2.33. The first-order valence-electron chi connectivity index (χ1n) is 9.52. The molecule has 0 aliphatic rings. The van der Waals surface area contributed by atoms with E-state index in [1.54, 1.807) is 6.33 Å². The highest BCUT2D eigenvalue weighted by Gasteiger charge is 2.11. The molecular formula is C23H19ClN6. The van der Waals surface area contributed by atoms with E-state index in [4.69, 9.17) is 11.6 Å². The van der Waals surface area contributed by atoms with Gasteiger partial charge in [0.15, 0.2) is 0 Å². The molecule has 30 heavy (non-hydrogen) atoms. The Morgan fingerprint density at radius 3 is 2.67 bits per heavy atom. The van der Waals surface area contributed by atoms with Gasteiger partial charge in [-0.1, -0.05) is 35.9 Å². The Bertz CT molecular complexity index is 1370. The molecule has 3 heterocycles. The number of nitrogens with one attached hydrogen (secondary N) is 2. The van der Waals surface area contributed by atoms with Gasteiger partial charge < -0.3 is 9.88 Å². The van der Waals surface area contributed by atoms with Crippen molar-refractivity contribution in [2.75, 3.05) is 5.32 Å². The van der Waals surface area contributed by atoms with Crippen LogP contribution >= 0.6 is 11.6 Å². The number of nitrogens with zero attached hydrogens (tertiary/aromatic N) is 4. The molecule has 148 valence electrons. The molecule has 0 bridgehead atoms. The summed E-state index contributed by atoms with van der Waals surface area (Å²) in [5.41, 5.74) is 6.04. The van der Waals surface area contributed by atoms with Gasteiger partial charge in [0.05, 0.1) is 35.1 Å². The summed E-state index contributed by atoms with van der Waals surface area (Å²) in [5.74, 6) is 0.728. The van der Waals surface area contributed by atoms with Crippen molar-refractivity contribution in [2.24, 2.45) is 7.05 Å². The lowest BCUT2D eigenvalue weighted by molar-refractivity contribution is 0.921. The van der Waals surface area contributed by atoms with Crippen LogP contribution in [0.2, 0.25) is 5.02 Å². The first kappa shape index (κ1) is 18.4. The van der Waals surface area contributed by atoms with Crippen LogP contribution in [0.4, 0.5) is 11.5 Å². The molecule has 0 fully saturated rings. The molecule has 0 amide bonds. The lowest BCUT2D eigenvalue weighted by atomic mass is 10.00. The summed E-state index contributed by atoms with van der Waals surface area (Å²) >= 11 is 6.57. The summed E-state index contributed by atoms with van der Waals surface area (Å²) in [4.78, 5) is 8.74. The number of pyridine rings is 1. The largest absolute Gasteiger partial charge is 0.339 e. The number of imidazole rings is 1. The number of H-pyrrole nitrogens is 1. The molecular weight excluding hydrogens is 396 g/mol. The zero-order chi connectivity index (χ0) is 20.7. The molecule has 0 radical (unpaired) electrons. The normalized spacial score (nSPS) is 11.2. The Morgan fingerprint density at radius 1 is 1.03 bits per heavy atom. The molecule has 6 nitrogen and oxygen atoms in total. The molecule has 7 heteroatoms. The fraction of sp³-hybridized carbons (Fsp3) is 0.0870. The van der Waals surface area contributed by atoms with E-state index in [0.29, 0.717) is 5.02 Å². The van der Waals surface area contributed by atoms with Crippen LogP contribution in [-0.2, 0) is 7.05 Å². The van der Waals surface area contributed by atoms with Crippen molar-refractivity contribution < 1.29 is 0 Å². The standard InChI is InChI=1S/C23H19ClN6/c1-14-19(11-27-29-14)17-5-3-4-16-10-26-23(9-18(16)17)28-21-7-6-15(8-20(21)24)22-12-25-13-30(22)2/h3-13H,1-2H3,(H,26,28)(H,27,29). The first-order chi connectivity index (χ1) is 14.6. The van der Waals surface area contributed by atoms with E-state index in [-0.39, 0.29) is 0 Å². The van der Waals surface area contributed by atoms with Gasteiger partial charge in [0.2, 0.25) is 0 Å². The van der Waals surface area contributed by atoms with E-state index < -0.39 is 0 Å². The summed E-state index contributed by atoms with van der Waals surface area (Å²) in [5, 5.41) is 13.3. The van der Waals surface area contributed by atoms with Gasteiger partial charge in [-0.05, 0) is 36.1 Å². The Morgan fingerprint density at radius 2 is 1.93 bits per heavy atom. The van der Waals surface area contributed by atoms with Crippen molar-refractivity contribution >= 4 is 33.9 Å². The molecule has 2 N–H and O–H groups in total. The minimum atomic E-state index is 0.620. The van der Waals surface area contributed by atoms with E-state index >= 15 is 0 Å². The van der Waals surface area contributed by atoms with Crippen molar-refractivity contribution in [2.45, 2.75) is 6.92 Å². The molecule has 2 aromatic carbocycles. The molecule has 5 rings (SSSR count). The molecule has 3 aromatic heterocycles. The molecule has 5 aromatic rings. The van der Waals surface area contributed by atoms with Crippen LogP contribution < -0.4 is 5.32 Å². The quantitative estimate of drug-likeness (QED) is 0.394. The maximum absolute atomic E-state index is 6.57. The van der Waals surface area contributed by atoms with E-state index in [0.717, 1.165) is 50.4 Å². The average molecular weight is 415 g/mol. The van der Waals surface area contributed by atoms with Crippen LogP contribution in [0.15, 0.2) is 67.4 Å². The number of hydrogen-bond donors (Lipinski definition) is 2. The molecule has 0 spiro atoms. The second-order valence-corrected chi connectivity index (χ2v) is 7.62. The summed E-state index contributed by atoms with van der Waals surface area (Å²) in [6.07, 6.45) is 7.32. The van der Waals surface area contributed by atoms with Gasteiger partial charge in [-0.25, -0.2) is 9.97 Å². The number of aryl methyl sites for hydroxylation is 2. The number of hydrogen-bond acceptors (Lipinski definition) is 4. The monoisotopic (exact) mass is 414 g/mol. The van der Waals surface area contributed by atoms with E-state index in [2.05, 4.69) is 37.6 Å². The van der Waals surface area contributed by atoms with E-state index in [9.17, 15) is 0 Å². The summed E-state index contributed by atoms with van der Waals surface area (Å²) in [6.45, 7) is 2.02. The lowest BCUT2D eigenvalue weighted by Crippen LogP contribution is -1.96. The Kier molecular flexibility index (Phi) is 4.48. The van der Waals surface area contributed by atoms with Gasteiger partial charge in [0.1, 0.15) is 5.82 Å². The van der Waals surface area contributed by atoms with Crippen molar-refractivity contribution in [1.82, 2.24) is 24.7 Å². The molecule has 0 aliphatic carbocycles. The summed E-state index contributed by atoms with van der Waals surface area (Å²) in [6, 6.07) is 14.1. The predicted molar refractivity (Wildman–Crippen MR) is 121 cm³/mol. The SMILES string of the molecule is Cc1[nH]ncc1-c1cccc2cnc(Nc3ccc(-c4cncn4C)cc3Cl)cc12. The minimum Gasteiger partial charge on any atom is -0.339 e. The number of benzene rings is 2. The van der Waals surface area contributed by atoms with Crippen LogP contribution in [0.5, 0.6) is 0 Å². The number of anilines is 2. The fourth-order valence-electron chi connectivity index (χ4n) is 3.64. The number of fused-ring (bicyclic) bond motifs is 1. The number of rotatable bonds is 4. The van der Waals surface area contributed by atoms with E-state index in [1.807, 2.05) is 67.5 Å². The van der Waals surface area contributed by atoms with Crippen molar-refractivity contribution in [1.29, 1.82) is 0 Å². The third-order valence-corrected chi connectivity index (χ3v) is 5.54. The third kappa shape index (κ3) is 3.21. The number of aromatic amines is 1. The highest BCUT2D eigenvalue weighted by molar-refractivity contribution is 6.33. The number of halogens is 1. The van der Waals surface area contributed by atoms with Gasteiger partial charge in [-0.3, -0.25) is 5.10 Å². The average Bonchev–Trinajstić information content (AvgIpc) is 3.37. The highest BCUT2D eigenvalue weighted by atomic mass is 35.5. The second kappa shape index (κ2) is 7.31. The van der Waals surface area contributed by atoms with Crippen LogP contribution in [-0.4, -0.2) is 24.7 Å². The van der Waals surface area contributed by atoms with Crippen LogP contribution in [0.25, 0.3) is 33.2 Å². The molecule has 0 unspecified atom stereocenters. The van der Waals surface area contributed by atoms with Gasteiger partial charge in [-0.2, -0.15) is 5.10 Å². The number of aromatic nitrogens is 5. The molecule has 0 saturated carbocycles. The minimum absolute atomic E-state index is 0.620. The smallest absolute Gasteiger partial charge is 0.130 e. The second-order valence-electron chi connectivity index (χ2n) is 7.21. The Balaban J connectivity index is 1.52. The van der Waals surface area contributed by atoms with Gasteiger partial charge in [0, 0.05) is 35.5 Å². The van der Waals surface area contributed by atoms with Crippen LogP contribution in [0.1, 0.15) is 5.69 Å². The fourth-order valence-corrected chi connectivity index (χ4v) is 3.87. The van der Waals surface area contributed by atoms with Crippen molar-refractivity contribution in [3.8, 4) is 22.4 Å². The summed E-state index contributed by atoms with van der Waals surface area (Å²) in [7, 11) is 1.96. The van der Waals surface area contributed by atoms with Crippen LogP contribution in [0, 0.1) is 6.92 Å². The predicted octanol–water partition coefficient (Wildman–Crippen LogP) is 5.73.